The molecule has 0 radical (unpaired) electrons. The predicted octanol–water partition coefficient (Wildman–Crippen LogP) is 4.12. The van der Waals surface area contributed by atoms with Crippen LogP contribution in [0.15, 0.2) is 60.8 Å². The average Bonchev–Trinajstić information content (AvgIpc) is 3.30. The molecule has 194 valence electrons. The summed E-state index contributed by atoms with van der Waals surface area (Å²) in [5.74, 6) is 1.52. The second-order valence-corrected chi connectivity index (χ2v) is 8.46. The molecule has 2 heterocycles. The second-order valence-electron chi connectivity index (χ2n) is 8.46. The molecular weight excluding hydrogens is 472 g/mol. The maximum absolute atomic E-state index is 11.5. The van der Waals surface area contributed by atoms with Gasteiger partial charge in [-0.15, -0.1) is 0 Å². The highest BCUT2D eigenvalue weighted by Gasteiger charge is 2.17. The van der Waals surface area contributed by atoms with Crippen LogP contribution in [0, 0.1) is 0 Å². The molecule has 0 saturated heterocycles. The number of fused-ring (bicyclic) bond motifs is 1. The zero-order valence-electron chi connectivity index (χ0n) is 20.9. The minimum Gasteiger partial charge on any atom is -0.491 e. The Morgan fingerprint density at radius 1 is 0.946 bits per heavy atom. The minimum absolute atomic E-state index is 0.0177. The van der Waals surface area contributed by atoms with Gasteiger partial charge in [-0.3, -0.25) is 9.59 Å². The second kappa shape index (κ2) is 13.4. The van der Waals surface area contributed by atoms with Gasteiger partial charge in [0.05, 0.1) is 32.8 Å². The third-order valence-corrected chi connectivity index (χ3v) is 5.71. The zero-order valence-corrected chi connectivity index (χ0v) is 20.9. The van der Waals surface area contributed by atoms with Crippen molar-refractivity contribution in [2.75, 3.05) is 55.5 Å². The van der Waals surface area contributed by atoms with E-state index in [0.29, 0.717) is 52.4 Å². The van der Waals surface area contributed by atoms with Gasteiger partial charge < -0.3 is 30.2 Å². The van der Waals surface area contributed by atoms with Crippen molar-refractivity contribution >= 4 is 29.0 Å². The van der Waals surface area contributed by atoms with Crippen molar-refractivity contribution in [2.45, 2.75) is 19.8 Å². The Morgan fingerprint density at radius 3 is 2.46 bits per heavy atom. The Morgan fingerprint density at radius 2 is 1.70 bits per heavy atom. The number of carbonyl (C=O) groups is 2. The van der Waals surface area contributed by atoms with Crippen LogP contribution in [0.3, 0.4) is 0 Å². The molecule has 0 atom stereocenters. The number of hydrogen-bond donors (Lipinski definition) is 3. The van der Waals surface area contributed by atoms with E-state index in [2.05, 4.69) is 20.9 Å². The predicted molar refractivity (Wildman–Crippen MR) is 143 cm³/mol. The van der Waals surface area contributed by atoms with E-state index in [1.807, 2.05) is 67.7 Å². The molecule has 0 fully saturated rings. The van der Waals surface area contributed by atoms with Crippen molar-refractivity contribution < 1.29 is 23.8 Å². The first kappa shape index (κ1) is 26.1. The first-order valence-electron chi connectivity index (χ1n) is 12.4. The van der Waals surface area contributed by atoms with Gasteiger partial charge in [0.15, 0.2) is 0 Å². The highest BCUT2D eigenvalue weighted by atomic mass is 16.5. The summed E-state index contributed by atoms with van der Waals surface area (Å²) in [4.78, 5) is 27.4. The van der Waals surface area contributed by atoms with Crippen LogP contribution in [0.1, 0.15) is 18.9 Å². The summed E-state index contributed by atoms with van der Waals surface area (Å²) in [5.41, 5.74) is 4.70. The van der Waals surface area contributed by atoms with E-state index in [1.165, 1.54) is 0 Å². The third-order valence-electron chi connectivity index (χ3n) is 5.71. The summed E-state index contributed by atoms with van der Waals surface area (Å²) in [6.07, 6.45) is 2.69. The molecule has 0 unspecified atom stereocenters. The van der Waals surface area contributed by atoms with Gasteiger partial charge in [-0.25, -0.2) is 4.98 Å². The van der Waals surface area contributed by atoms with Crippen LogP contribution in [0.4, 0.5) is 17.2 Å². The lowest BCUT2D eigenvalue weighted by molar-refractivity contribution is -0.116. The molecule has 2 aromatic carbocycles. The van der Waals surface area contributed by atoms with Crippen LogP contribution >= 0.6 is 0 Å². The monoisotopic (exact) mass is 504 g/mol. The maximum Gasteiger partial charge on any atom is 0.228 e. The van der Waals surface area contributed by atoms with E-state index < -0.39 is 0 Å². The molecule has 1 aromatic heterocycles. The van der Waals surface area contributed by atoms with Crippen molar-refractivity contribution in [1.82, 2.24) is 4.98 Å². The standard InChI is InChI=1S/C28H32N4O5/c1-2-27(33)31-23-5-7-24(8-6-23)37-16-15-36-14-13-35-12-11-29-26-10-4-21(19-30-26)20-3-9-25-22(17-20)18-28(34)32-25/h3-10,17,19H,2,11-16,18H2,1H3,(H,29,30)(H,31,33)(H,32,34). The van der Waals surface area contributed by atoms with Gasteiger partial charge in [0, 0.05) is 36.1 Å². The molecule has 0 aliphatic carbocycles. The van der Waals surface area contributed by atoms with Crippen LogP contribution in [0.5, 0.6) is 5.75 Å². The number of rotatable bonds is 14. The van der Waals surface area contributed by atoms with E-state index in [9.17, 15) is 9.59 Å². The van der Waals surface area contributed by atoms with Gasteiger partial charge in [0.25, 0.3) is 0 Å². The van der Waals surface area contributed by atoms with E-state index in [0.717, 1.165) is 39.6 Å². The normalized spacial score (nSPS) is 12.1. The summed E-state index contributed by atoms with van der Waals surface area (Å²) in [7, 11) is 0. The number of amides is 2. The summed E-state index contributed by atoms with van der Waals surface area (Å²) in [6, 6.07) is 17.2. The highest BCUT2D eigenvalue weighted by Crippen LogP contribution is 2.29. The molecule has 0 spiro atoms. The fourth-order valence-corrected chi connectivity index (χ4v) is 3.75. The maximum atomic E-state index is 11.5. The number of aromatic nitrogens is 1. The topological polar surface area (TPSA) is 111 Å². The molecule has 37 heavy (non-hydrogen) atoms. The molecule has 0 bridgehead atoms. The highest BCUT2D eigenvalue weighted by molar-refractivity contribution is 5.99. The SMILES string of the molecule is CCC(=O)Nc1ccc(OCCOCCOCCNc2ccc(-c3ccc4c(c3)CC(=O)N4)cn2)cc1. The average molecular weight is 505 g/mol. The lowest BCUT2D eigenvalue weighted by atomic mass is 10.0. The first-order valence-corrected chi connectivity index (χ1v) is 12.4. The lowest BCUT2D eigenvalue weighted by Gasteiger charge is -2.10. The van der Waals surface area contributed by atoms with Gasteiger partial charge in [0.2, 0.25) is 11.8 Å². The largest absolute Gasteiger partial charge is 0.491 e. The van der Waals surface area contributed by atoms with Crippen LogP contribution in [-0.2, 0) is 25.5 Å². The number of pyridine rings is 1. The van der Waals surface area contributed by atoms with Crippen molar-refractivity contribution in [2.24, 2.45) is 0 Å². The summed E-state index contributed by atoms with van der Waals surface area (Å²) >= 11 is 0. The van der Waals surface area contributed by atoms with Gasteiger partial charge in [0.1, 0.15) is 18.2 Å². The summed E-state index contributed by atoms with van der Waals surface area (Å²) < 4.78 is 16.8. The molecule has 1 aliphatic rings. The molecule has 9 heteroatoms. The van der Waals surface area contributed by atoms with Crippen molar-refractivity contribution in [1.29, 1.82) is 0 Å². The van der Waals surface area contributed by atoms with E-state index >= 15 is 0 Å². The molecule has 9 nitrogen and oxygen atoms in total. The molecule has 2 amide bonds. The van der Waals surface area contributed by atoms with Crippen LogP contribution in [0.2, 0.25) is 0 Å². The number of benzene rings is 2. The van der Waals surface area contributed by atoms with E-state index in [-0.39, 0.29) is 11.8 Å². The Kier molecular flexibility index (Phi) is 9.45. The Bertz CT molecular complexity index is 1180. The summed E-state index contributed by atoms with van der Waals surface area (Å²) in [5, 5.41) is 8.89. The minimum atomic E-state index is -0.0177. The smallest absolute Gasteiger partial charge is 0.228 e. The molecule has 1 aliphatic heterocycles. The van der Waals surface area contributed by atoms with E-state index in [1.54, 1.807) is 0 Å². The number of nitrogens with zero attached hydrogens (tertiary/aromatic N) is 1. The van der Waals surface area contributed by atoms with Gasteiger partial charge in [-0.2, -0.15) is 0 Å². The van der Waals surface area contributed by atoms with E-state index in [4.69, 9.17) is 14.2 Å². The Balaban J connectivity index is 1.03. The van der Waals surface area contributed by atoms with Crippen molar-refractivity contribution in [3.05, 3.63) is 66.4 Å². The summed E-state index contributed by atoms with van der Waals surface area (Å²) in [6.45, 7) is 4.86. The number of nitrogens with one attached hydrogen (secondary N) is 3. The molecule has 0 saturated carbocycles. The van der Waals surface area contributed by atoms with Gasteiger partial charge in [-0.1, -0.05) is 13.0 Å². The quantitative estimate of drug-likeness (QED) is 0.283. The first-order chi connectivity index (χ1) is 18.1. The number of carbonyl (C=O) groups excluding carboxylic acids is 2. The third kappa shape index (κ3) is 8.03. The zero-order chi connectivity index (χ0) is 25.9. The number of ether oxygens (including phenoxy) is 3. The fourth-order valence-electron chi connectivity index (χ4n) is 3.75. The van der Waals surface area contributed by atoms with Crippen LogP contribution in [-0.4, -0.2) is 56.4 Å². The molecule has 3 aromatic rings. The van der Waals surface area contributed by atoms with Crippen molar-refractivity contribution in [3.63, 3.8) is 0 Å². The van der Waals surface area contributed by atoms with Gasteiger partial charge in [-0.05, 0) is 59.7 Å². The fraction of sp³-hybridized carbons (Fsp3) is 0.321. The molecule has 3 N–H and O–H groups in total. The van der Waals surface area contributed by atoms with Gasteiger partial charge >= 0.3 is 0 Å². The lowest BCUT2D eigenvalue weighted by Crippen LogP contribution is -2.14. The number of anilines is 3. The molecular formula is C28H32N4O5. The van der Waals surface area contributed by atoms with Crippen LogP contribution < -0.4 is 20.7 Å². The Labute approximate surface area is 216 Å². The molecule has 4 rings (SSSR count). The Hall–Kier alpha value is -3.95. The number of hydrogen-bond acceptors (Lipinski definition) is 7. The van der Waals surface area contributed by atoms with Crippen molar-refractivity contribution in [3.8, 4) is 16.9 Å². The van der Waals surface area contributed by atoms with Crippen LogP contribution in [0.25, 0.3) is 11.1 Å².